The van der Waals surface area contributed by atoms with E-state index in [0.717, 1.165) is 18.7 Å². The molecular weight excluding hydrogens is 551 g/mol. The van der Waals surface area contributed by atoms with Crippen molar-refractivity contribution in [3.05, 3.63) is 41.0 Å². The largest absolute Gasteiger partial charge is 0.434 e. The van der Waals surface area contributed by atoms with Gasteiger partial charge in [0.2, 0.25) is 5.95 Å². The number of hydrogen-bond acceptors (Lipinski definition) is 9. The number of fused-ring (bicyclic) bond motifs is 3. The molecule has 1 aliphatic rings. The number of ketones is 1. The van der Waals surface area contributed by atoms with E-state index in [2.05, 4.69) is 15.0 Å². The first-order valence-electron chi connectivity index (χ1n) is 12.7. The van der Waals surface area contributed by atoms with Gasteiger partial charge in [-0.25, -0.2) is 23.4 Å². The van der Waals surface area contributed by atoms with E-state index in [1.165, 1.54) is 19.1 Å². The van der Waals surface area contributed by atoms with Gasteiger partial charge in [0.15, 0.2) is 21.3 Å². The molecule has 1 aromatic carbocycles. The average Bonchev–Trinajstić information content (AvgIpc) is 3.27. The Balaban J connectivity index is 0.00000103. The molecule has 14 heteroatoms. The Morgan fingerprint density at radius 1 is 1.20 bits per heavy atom. The Hall–Kier alpha value is -3.39. The number of aromatic nitrogens is 4. The zero-order chi connectivity index (χ0) is 30.0. The fraction of sp³-hybridized carbons (Fsp3) is 0.500. The van der Waals surface area contributed by atoms with Gasteiger partial charge < -0.3 is 19.4 Å². The monoisotopic (exact) mass is 583 g/mol. The smallest absolute Gasteiger partial charge is 0.392 e. The minimum atomic E-state index is -4.84. The highest BCUT2D eigenvalue weighted by Gasteiger charge is 2.40. The molecule has 1 atom stereocenters. The lowest BCUT2D eigenvalue weighted by Crippen LogP contribution is -2.42. The molecule has 4 rings (SSSR count). The predicted octanol–water partition coefficient (Wildman–Crippen LogP) is 4.15. The maximum Gasteiger partial charge on any atom is 0.434 e. The summed E-state index contributed by atoms with van der Waals surface area (Å²) in [4.78, 5) is 35.5. The molecule has 0 radical (unpaired) electrons. The van der Waals surface area contributed by atoms with Gasteiger partial charge in [0.05, 0.1) is 34.1 Å². The lowest BCUT2D eigenvalue weighted by molar-refractivity contribution is -0.141. The van der Waals surface area contributed by atoms with Crippen molar-refractivity contribution in [1.82, 2.24) is 19.5 Å². The number of halogens is 3. The number of anilines is 1. The van der Waals surface area contributed by atoms with Crippen LogP contribution in [0.15, 0.2) is 23.2 Å². The van der Waals surface area contributed by atoms with Crippen molar-refractivity contribution < 1.29 is 36.3 Å². The quantitative estimate of drug-likeness (QED) is 0.321. The maximum atomic E-state index is 13.8. The molecule has 40 heavy (non-hydrogen) atoms. The topological polar surface area (TPSA) is 135 Å². The fourth-order valence-electron chi connectivity index (χ4n) is 4.63. The minimum absolute atomic E-state index is 0.00180. The molecule has 0 unspecified atom stereocenters. The molecule has 0 saturated carbocycles. The molecule has 2 aromatic heterocycles. The van der Waals surface area contributed by atoms with E-state index in [1.54, 1.807) is 4.90 Å². The van der Waals surface area contributed by atoms with Gasteiger partial charge in [-0.3, -0.25) is 4.79 Å². The van der Waals surface area contributed by atoms with Crippen molar-refractivity contribution >= 4 is 38.9 Å². The molecule has 0 saturated heterocycles. The number of sulfone groups is 1. The van der Waals surface area contributed by atoms with E-state index in [9.17, 15) is 36.3 Å². The highest BCUT2D eigenvalue weighted by molar-refractivity contribution is 7.90. The highest BCUT2D eigenvalue weighted by Crippen LogP contribution is 2.39. The van der Waals surface area contributed by atoms with Crippen molar-refractivity contribution in [2.75, 3.05) is 17.7 Å². The first kappa shape index (κ1) is 31.1. The molecular formula is C26H32F3N5O5S. The summed E-state index contributed by atoms with van der Waals surface area (Å²) in [5.41, 5.74) is -0.605. The van der Waals surface area contributed by atoms with Crippen LogP contribution in [-0.4, -0.2) is 57.9 Å². The first-order valence-corrected chi connectivity index (χ1v) is 14.6. The van der Waals surface area contributed by atoms with Crippen LogP contribution in [0.1, 0.15) is 74.0 Å². The Morgan fingerprint density at radius 2 is 1.85 bits per heavy atom. The molecule has 0 spiro atoms. The number of aliphatic hydroxyl groups excluding tert-OH is 1. The standard InChI is InChI=1S/C23H26F3N5O4S.C3H6O/c1-5-17(33)14-10-27-22(29-20(14)23(24,25)26)31-7-6-30-16-9-18(36(4,34)35)13(11-32)8-15(16)28-21(30)19(31)12(2)3;1-2-3-4/h8-10,12,19,32H,5-7,11H2,1-4H3;3H,2H2,1H3/t19-;/m0./s1. The molecule has 0 aliphatic carbocycles. The van der Waals surface area contributed by atoms with Gasteiger partial charge in [-0.1, -0.05) is 27.7 Å². The van der Waals surface area contributed by atoms with Crippen LogP contribution in [0.4, 0.5) is 19.1 Å². The van der Waals surface area contributed by atoms with E-state index >= 15 is 0 Å². The van der Waals surface area contributed by atoms with Crippen LogP contribution in [0.2, 0.25) is 0 Å². The number of rotatable bonds is 7. The number of aliphatic hydroxyl groups is 1. The van der Waals surface area contributed by atoms with Crippen LogP contribution in [0, 0.1) is 5.92 Å². The van der Waals surface area contributed by atoms with E-state index < -0.39 is 45.7 Å². The van der Waals surface area contributed by atoms with Crippen molar-refractivity contribution in [3.8, 4) is 0 Å². The molecule has 218 valence electrons. The van der Waals surface area contributed by atoms with Gasteiger partial charge in [0.25, 0.3) is 0 Å². The highest BCUT2D eigenvalue weighted by atomic mass is 32.2. The average molecular weight is 584 g/mol. The molecule has 1 N–H and O–H groups in total. The molecule has 3 aromatic rings. The number of hydrogen-bond donors (Lipinski definition) is 1. The number of nitrogens with zero attached hydrogens (tertiary/aromatic N) is 5. The summed E-state index contributed by atoms with van der Waals surface area (Å²) in [5.74, 6) is -0.481. The SMILES string of the molecule is CCC(=O)c1cnc(N2CCn3c(nc4cc(CO)c(S(C)(=O)=O)cc43)[C@@H]2C(C)C)nc1C(F)(F)F.CCC=O. The summed E-state index contributed by atoms with van der Waals surface area (Å²) in [6, 6.07) is 2.46. The number of Topliss-reactive ketones (excluding diaryl/α,β-unsaturated/α-hetero) is 1. The number of imidazole rings is 1. The summed E-state index contributed by atoms with van der Waals surface area (Å²) < 4.78 is 67.8. The molecule has 3 heterocycles. The van der Waals surface area contributed by atoms with E-state index in [1.807, 2.05) is 25.3 Å². The third-order valence-electron chi connectivity index (χ3n) is 6.42. The lowest BCUT2D eigenvalue weighted by atomic mass is 10.00. The van der Waals surface area contributed by atoms with Crippen molar-refractivity contribution in [3.63, 3.8) is 0 Å². The fourth-order valence-corrected chi connectivity index (χ4v) is 5.56. The van der Waals surface area contributed by atoms with Crippen LogP contribution >= 0.6 is 0 Å². The summed E-state index contributed by atoms with van der Waals surface area (Å²) in [6.45, 7) is 7.08. The predicted molar refractivity (Wildman–Crippen MR) is 142 cm³/mol. The third-order valence-corrected chi connectivity index (χ3v) is 7.59. The van der Waals surface area contributed by atoms with Gasteiger partial charge in [0.1, 0.15) is 12.1 Å². The van der Waals surface area contributed by atoms with Crippen LogP contribution in [0.25, 0.3) is 11.0 Å². The Kier molecular flexibility index (Phi) is 9.35. The number of aldehydes is 1. The zero-order valence-electron chi connectivity index (χ0n) is 22.9. The van der Waals surface area contributed by atoms with E-state index in [4.69, 9.17) is 0 Å². The van der Waals surface area contributed by atoms with Crippen LogP contribution < -0.4 is 4.90 Å². The van der Waals surface area contributed by atoms with Crippen molar-refractivity contribution in [2.24, 2.45) is 5.92 Å². The van der Waals surface area contributed by atoms with Crippen LogP contribution in [0.3, 0.4) is 0 Å². The van der Waals surface area contributed by atoms with Gasteiger partial charge in [0, 0.05) is 38.4 Å². The second kappa shape index (κ2) is 12.0. The first-order chi connectivity index (χ1) is 18.7. The zero-order valence-corrected chi connectivity index (χ0v) is 23.7. The summed E-state index contributed by atoms with van der Waals surface area (Å²) in [6.07, 6.45) is -1.45. The van der Waals surface area contributed by atoms with Gasteiger partial charge in [-0.2, -0.15) is 13.2 Å². The Morgan fingerprint density at radius 3 is 2.35 bits per heavy atom. The molecule has 0 bridgehead atoms. The Bertz CT molecular complexity index is 1520. The van der Waals surface area contributed by atoms with Gasteiger partial charge in [-0.05, 0) is 23.6 Å². The number of carbonyl (C=O) groups excluding carboxylic acids is 2. The molecule has 0 amide bonds. The molecule has 0 fully saturated rings. The number of benzene rings is 1. The Labute approximate surface area is 230 Å². The minimum Gasteiger partial charge on any atom is -0.392 e. The van der Waals surface area contributed by atoms with Gasteiger partial charge >= 0.3 is 6.18 Å². The van der Waals surface area contributed by atoms with Crippen molar-refractivity contribution in [1.29, 1.82) is 0 Å². The van der Waals surface area contributed by atoms with E-state index in [0.29, 0.717) is 23.3 Å². The van der Waals surface area contributed by atoms with Crippen LogP contribution in [-0.2, 0) is 34.0 Å². The van der Waals surface area contributed by atoms with Gasteiger partial charge in [-0.15, -0.1) is 0 Å². The normalized spacial score (nSPS) is 15.6. The summed E-state index contributed by atoms with van der Waals surface area (Å²) in [7, 11) is -3.62. The number of alkyl halides is 3. The van der Waals surface area contributed by atoms with Crippen molar-refractivity contribution in [2.45, 2.75) is 70.8 Å². The number of carbonyl (C=O) groups is 2. The molecule has 10 nitrogen and oxygen atoms in total. The molecule has 1 aliphatic heterocycles. The summed E-state index contributed by atoms with van der Waals surface area (Å²) >= 11 is 0. The second-order valence-corrected chi connectivity index (χ2v) is 11.6. The maximum absolute atomic E-state index is 13.8. The third kappa shape index (κ3) is 6.17. The van der Waals surface area contributed by atoms with Crippen LogP contribution in [0.5, 0.6) is 0 Å². The lowest BCUT2D eigenvalue weighted by Gasteiger charge is -2.38. The second-order valence-electron chi connectivity index (χ2n) is 9.66. The summed E-state index contributed by atoms with van der Waals surface area (Å²) in [5, 5.41) is 9.71. The van der Waals surface area contributed by atoms with E-state index in [-0.39, 0.29) is 41.8 Å².